The number of imidazole rings is 1. The van der Waals surface area contributed by atoms with E-state index in [1.807, 2.05) is 0 Å². The van der Waals surface area contributed by atoms with Gasteiger partial charge in [0.2, 0.25) is 0 Å². The third-order valence-electron chi connectivity index (χ3n) is 5.21. The molecule has 166 valence electrons. The summed E-state index contributed by atoms with van der Waals surface area (Å²) >= 11 is 0. The van der Waals surface area contributed by atoms with Gasteiger partial charge in [-0.15, -0.1) is 0 Å². The minimum Gasteiger partial charge on any atom is -0.507 e. The second kappa shape index (κ2) is 8.51. The SMILES string of the molecule is COc1ccc(O)c(CNc2ncnc3c2ncn3[C@@H]2O[C@H](CO)[C@@H](O)[C@H]2O)c1OC. The Morgan fingerprint density at radius 3 is 2.61 bits per heavy atom. The summed E-state index contributed by atoms with van der Waals surface area (Å²) < 4.78 is 17.7. The number of nitrogens with one attached hydrogen (secondary N) is 1. The van der Waals surface area contributed by atoms with Gasteiger partial charge in [0.05, 0.1) is 32.7 Å². The number of aromatic hydroxyl groups is 1. The maximum atomic E-state index is 10.3. The van der Waals surface area contributed by atoms with Crippen molar-refractivity contribution in [3.05, 3.63) is 30.4 Å². The van der Waals surface area contributed by atoms with E-state index in [9.17, 15) is 20.4 Å². The normalized spacial score (nSPS) is 23.3. The number of anilines is 1. The van der Waals surface area contributed by atoms with Crippen molar-refractivity contribution in [2.45, 2.75) is 31.1 Å². The Bertz CT molecular complexity index is 1080. The molecule has 1 aromatic carbocycles. The van der Waals surface area contributed by atoms with E-state index in [0.717, 1.165) is 0 Å². The monoisotopic (exact) mass is 433 g/mol. The van der Waals surface area contributed by atoms with Crippen LogP contribution in [0.2, 0.25) is 0 Å². The molecule has 4 rings (SSSR count). The first-order chi connectivity index (χ1) is 15.0. The Labute approximate surface area is 176 Å². The van der Waals surface area contributed by atoms with E-state index in [1.165, 1.54) is 37.5 Å². The molecule has 12 nitrogen and oxygen atoms in total. The Morgan fingerprint density at radius 2 is 1.94 bits per heavy atom. The third kappa shape index (κ3) is 3.59. The first-order valence-corrected chi connectivity index (χ1v) is 9.46. The maximum Gasteiger partial charge on any atom is 0.169 e. The minimum atomic E-state index is -1.26. The molecule has 3 aromatic rings. The quantitative estimate of drug-likeness (QED) is 0.334. The molecule has 4 atom stereocenters. The Balaban J connectivity index is 1.63. The van der Waals surface area contributed by atoms with Gasteiger partial charge in [-0.25, -0.2) is 15.0 Å². The molecule has 1 fully saturated rings. The van der Waals surface area contributed by atoms with Gasteiger partial charge in [0, 0.05) is 6.54 Å². The number of aromatic nitrogens is 4. The van der Waals surface area contributed by atoms with E-state index in [2.05, 4.69) is 20.3 Å². The lowest BCUT2D eigenvalue weighted by atomic mass is 10.1. The number of benzene rings is 1. The van der Waals surface area contributed by atoms with Crippen LogP contribution < -0.4 is 14.8 Å². The molecular formula is C19H23N5O7. The van der Waals surface area contributed by atoms with Crippen LogP contribution in [0.5, 0.6) is 17.2 Å². The van der Waals surface area contributed by atoms with Gasteiger partial charge >= 0.3 is 0 Å². The number of aliphatic hydroxyl groups is 3. The first kappa shape index (κ1) is 21.1. The highest BCUT2D eigenvalue weighted by molar-refractivity contribution is 5.82. The number of hydrogen-bond acceptors (Lipinski definition) is 11. The van der Waals surface area contributed by atoms with E-state index in [0.29, 0.717) is 34.0 Å². The van der Waals surface area contributed by atoms with Crippen molar-refractivity contribution in [2.24, 2.45) is 0 Å². The molecule has 31 heavy (non-hydrogen) atoms. The summed E-state index contributed by atoms with van der Waals surface area (Å²) in [5.41, 5.74) is 1.22. The van der Waals surface area contributed by atoms with Crippen molar-refractivity contribution >= 4 is 17.0 Å². The van der Waals surface area contributed by atoms with Gasteiger partial charge in [0.1, 0.15) is 30.4 Å². The molecule has 1 aliphatic rings. The third-order valence-corrected chi connectivity index (χ3v) is 5.21. The standard InChI is InChI=1S/C19H23N5O7/c1-29-11-4-3-10(26)9(16(11)30-2)5-20-17-13-18(22-7-21-17)24(8-23-13)19-15(28)14(27)12(6-25)31-19/h3-4,7-8,12,14-15,19,25-28H,5-6H2,1-2H3,(H,20,21,22)/t12-,14-,15-,19-/m1/s1. The fraction of sp³-hybridized carbons (Fsp3) is 0.421. The summed E-state index contributed by atoms with van der Waals surface area (Å²) in [6.45, 7) is -0.284. The fourth-order valence-electron chi connectivity index (χ4n) is 3.60. The zero-order chi connectivity index (χ0) is 22.1. The zero-order valence-corrected chi connectivity index (χ0v) is 16.8. The summed E-state index contributed by atoms with van der Waals surface area (Å²) in [5.74, 6) is 1.25. The minimum absolute atomic E-state index is 0.0208. The number of phenolic OH excluding ortho intramolecular Hbond substituents is 1. The molecule has 1 aliphatic heterocycles. The summed E-state index contributed by atoms with van der Waals surface area (Å²) in [6, 6.07) is 3.10. The molecule has 0 aliphatic carbocycles. The highest BCUT2D eigenvalue weighted by atomic mass is 16.6. The highest BCUT2D eigenvalue weighted by Crippen LogP contribution is 2.37. The van der Waals surface area contributed by atoms with Crippen molar-refractivity contribution in [1.29, 1.82) is 0 Å². The van der Waals surface area contributed by atoms with Gasteiger partial charge in [-0.05, 0) is 12.1 Å². The first-order valence-electron chi connectivity index (χ1n) is 9.46. The van der Waals surface area contributed by atoms with Crippen LogP contribution in [0, 0.1) is 0 Å². The van der Waals surface area contributed by atoms with Crippen LogP contribution in [0.15, 0.2) is 24.8 Å². The van der Waals surface area contributed by atoms with Gasteiger partial charge in [-0.3, -0.25) is 4.57 Å². The molecule has 0 bridgehead atoms. The largest absolute Gasteiger partial charge is 0.507 e. The average molecular weight is 433 g/mol. The van der Waals surface area contributed by atoms with Gasteiger partial charge in [0.15, 0.2) is 34.7 Å². The van der Waals surface area contributed by atoms with E-state index in [4.69, 9.17) is 14.2 Å². The lowest BCUT2D eigenvalue weighted by Crippen LogP contribution is -2.33. The highest BCUT2D eigenvalue weighted by Gasteiger charge is 2.44. The molecule has 12 heteroatoms. The Morgan fingerprint density at radius 1 is 1.13 bits per heavy atom. The van der Waals surface area contributed by atoms with Crippen LogP contribution in [0.4, 0.5) is 5.82 Å². The average Bonchev–Trinajstić information content (AvgIpc) is 3.33. The summed E-state index contributed by atoms with van der Waals surface area (Å²) in [7, 11) is 2.98. The van der Waals surface area contributed by atoms with Gasteiger partial charge < -0.3 is 40.0 Å². The van der Waals surface area contributed by atoms with E-state index in [1.54, 1.807) is 6.07 Å². The summed E-state index contributed by atoms with van der Waals surface area (Å²) in [4.78, 5) is 12.7. The molecule has 2 aromatic heterocycles. The molecule has 0 spiro atoms. The number of methoxy groups -OCH3 is 2. The van der Waals surface area contributed by atoms with Crippen molar-refractivity contribution < 1.29 is 34.6 Å². The zero-order valence-electron chi connectivity index (χ0n) is 16.8. The molecule has 0 saturated carbocycles. The lowest BCUT2D eigenvalue weighted by molar-refractivity contribution is -0.0511. The Kier molecular flexibility index (Phi) is 5.78. The molecule has 0 radical (unpaired) electrons. The fourth-order valence-corrected chi connectivity index (χ4v) is 3.60. The molecular weight excluding hydrogens is 410 g/mol. The van der Waals surface area contributed by atoms with Crippen LogP contribution in [-0.4, -0.2) is 79.1 Å². The molecule has 1 saturated heterocycles. The Hall–Kier alpha value is -3.19. The molecule has 0 unspecified atom stereocenters. The van der Waals surface area contributed by atoms with Crippen LogP contribution in [0.1, 0.15) is 11.8 Å². The van der Waals surface area contributed by atoms with Gasteiger partial charge in [-0.1, -0.05) is 0 Å². The summed E-state index contributed by atoms with van der Waals surface area (Å²) in [6.07, 6.45) is -1.67. The van der Waals surface area contributed by atoms with E-state index >= 15 is 0 Å². The van der Waals surface area contributed by atoms with Crippen LogP contribution in [0.25, 0.3) is 11.2 Å². The van der Waals surface area contributed by atoms with E-state index in [-0.39, 0.29) is 12.3 Å². The smallest absolute Gasteiger partial charge is 0.169 e. The van der Waals surface area contributed by atoms with Crippen molar-refractivity contribution in [2.75, 3.05) is 26.1 Å². The van der Waals surface area contributed by atoms with Crippen molar-refractivity contribution in [3.63, 3.8) is 0 Å². The second-order valence-corrected chi connectivity index (χ2v) is 6.93. The second-order valence-electron chi connectivity index (χ2n) is 6.93. The van der Waals surface area contributed by atoms with Crippen molar-refractivity contribution in [3.8, 4) is 17.2 Å². The number of rotatable bonds is 7. The topological polar surface area (TPSA) is 164 Å². The number of phenols is 1. The number of fused-ring (bicyclic) bond motifs is 1. The van der Waals surface area contributed by atoms with Gasteiger partial charge in [0.25, 0.3) is 0 Å². The van der Waals surface area contributed by atoms with Crippen molar-refractivity contribution in [1.82, 2.24) is 19.5 Å². The van der Waals surface area contributed by atoms with Crippen LogP contribution in [-0.2, 0) is 11.3 Å². The molecule has 3 heterocycles. The predicted molar refractivity (Wildman–Crippen MR) is 107 cm³/mol. The molecule has 5 N–H and O–H groups in total. The summed E-state index contributed by atoms with van der Waals surface area (Å²) in [5, 5.41) is 43.0. The number of aliphatic hydroxyl groups excluding tert-OH is 3. The number of nitrogens with zero attached hydrogens (tertiary/aromatic N) is 4. The van der Waals surface area contributed by atoms with Gasteiger partial charge in [-0.2, -0.15) is 0 Å². The van der Waals surface area contributed by atoms with E-state index < -0.39 is 31.1 Å². The van der Waals surface area contributed by atoms with Crippen LogP contribution >= 0.6 is 0 Å². The molecule has 0 amide bonds. The number of ether oxygens (including phenoxy) is 3. The maximum absolute atomic E-state index is 10.3. The predicted octanol–water partition coefficient (Wildman–Crippen LogP) is -0.227. The number of hydrogen-bond donors (Lipinski definition) is 5. The lowest BCUT2D eigenvalue weighted by Gasteiger charge is -2.17. The van der Waals surface area contributed by atoms with Crippen LogP contribution in [0.3, 0.4) is 0 Å².